The van der Waals surface area contributed by atoms with E-state index in [1.807, 2.05) is 30.6 Å². The van der Waals surface area contributed by atoms with Gasteiger partial charge in [0.2, 0.25) is 0 Å². The molecule has 2 aromatic heterocycles. The van der Waals surface area contributed by atoms with Crippen LogP contribution in [0.3, 0.4) is 0 Å². The van der Waals surface area contributed by atoms with Gasteiger partial charge in [-0.3, -0.25) is 4.90 Å². The first-order chi connectivity index (χ1) is 12.5. The van der Waals surface area contributed by atoms with Crippen LogP contribution in [0.4, 0.5) is 0 Å². The average Bonchev–Trinajstić information content (AvgIpc) is 3.38. The summed E-state index contributed by atoms with van der Waals surface area (Å²) in [6.07, 6.45) is 3.33. The van der Waals surface area contributed by atoms with Gasteiger partial charge in [0.15, 0.2) is 9.84 Å². The van der Waals surface area contributed by atoms with Crippen molar-refractivity contribution >= 4 is 21.2 Å². The summed E-state index contributed by atoms with van der Waals surface area (Å²) in [5.74, 6) is 0.0371. The molecule has 2 aliphatic heterocycles. The fourth-order valence-electron chi connectivity index (χ4n) is 4.14. The highest BCUT2D eigenvalue weighted by Gasteiger charge is 2.50. The fraction of sp³-hybridized carbons (Fsp3) is 0.316. The molecule has 134 valence electrons. The zero-order valence-electron chi connectivity index (χ0n) is 14.3. The molecule has 3 aromatic rings. The Bertz CT molecular complexity index is 1070. The van der Waals surface area contributed by atoms with E-state index in [1.54, 1.807) is 29.9 Å². The van der Waals surface area contributed by atoms with Gasteiger partial charge in [-0.05, 0) is 36.2 Å². The van der Waals surface area contributed by atoms with Crippen LogP contribution in [-0.2, 0) is 16.4 Å². The summed E-state index contributed by atoms with van der Waals surface area (Å²) >= 11 is 1.64. The predicted molar refractivity (Wildman–Crippen MR) is 100.0 cm³/mol. The Morgan fingerprint density at radius 3 is 2.88 bits per heavy atom. The Morgan fingerprint density at radius 2 is 2.15 bits per heavy atom. The van der Waals surface area contributed by atoms with E-state index in [2.05, 4.69) is 9.88 Å². The van der Waals surface area contributed by atoms with Crippen LogP contribution in [-0.4, -0.2) is 36.6 Å². The molecule has 0 bridgehead atoms. The highest BCUT2D eigenvalue weighted by molar-refractivity contribution is 7.92. The van der Waals surface area contributed by atoms with E-state index in [-0.39, 0.29) is 11.2 Å². The first kappa shape index (κ1) is 16.2. The molecule has 5 nitrogen and oxygen atoms in total. The lowest BCUT2D eigenvalue weighted by Crippen LogP contribution is -2.25. The third-order valence-corrected chi connectivity index (χ3v) is 8.70. The van der Waals surface area contributed by atoms with Gasteiger partial charge in [-0.1, -0.05) is 6.07 Å². The van der Waals surface area contributed by atoms with Gasteiger partial charge in [-0.15, -0.1) is 11.3 Å². The lowest BCUT2D eigenvalue weighted by molar-refractivity contribution is 0.327. The molecule has 4 heterocycles. The second-order valence-corrected chi connectivity index (χ2v) is 10.1. The molecule has 1 saturated heterocycles. The molecule has 2 atom stereocenters. The standard InChI is InChI=1S/C19H18N2O3S2/c1-12-17(25-11-20-12)8-21-7-16-15-6-13(14-4-5-24-10-14)2-3-18(15)26(22,23)19(16)9-21/h2-6,10-11,16,19H,7-9H2,1H3/t16-,19+/m0/s1. The molecule has 26 heavy (non-hydrogen) atoms. The lowest BCUT2D eigenvalue weighted by atomic mass is 9.95. The van der Waals surface area contributed by atoms with Crippen LogP contribution in [0.1, 0.15) is 22.1 Å². The molecule has 0 spiro atoms. The molecule has 0 N–H and O–H groups in total. The van der Waals surface area contributed by atoms with Crippen molar-refractivity contribution in [1.29, 1.82) is 0 Å². The van der Waals surface area contributed by atoms with E-state index in [0.29, 0.717) is 11.4 Å². The Balaban J connectivity index is 1.50. The topological polar surface area (TPSA) is 63.4 Å². The number of likely N-dealkylation sites (tertiary alicyclic amines) is 1. The molecular formula is C19H18N2O3S2. The number of furan rings is 1. The molecule has 0 aliphatic carbocycles. The molecule has 0 saturated carbocycles. The highest BCUT2D eigenvalue weighted by Crippen LogP contribution is 2.46. The Labute approximate surface area is 156 Å². The van der Waals surface area contributed by atoms with Gasteiger partial charge in [0.1, 0.15) is 0 Å². The van der Waals surface area contributed by atoms with Crippen molar-refractivity contribution in [2.75, 3.05) is 13.1 Å². The highest BCUT2D eigenvalue weighted by atomic mass is 32.2. The van der Waals surface area contributed by atoms with E-state index in [4.69, 9.17) is 4.42 Å². The number of hydrogen-bond acceptors (Lipinski definition) is 6. The first-order valence-electron chi connectivity index (χ1n) is 8.56. The van der Waals surface area contributed by atoms with Crippen molar-refractivity contribution in [3.05, 3.63) is 58.4 Å². The summed E-state index contributed by atoms with van der Waals surface area (Å²) in [7, 11) is -3.27. The number of aryl methyl sites for hydroxylation is 1. The lowest BCUT2D eigenvalue weighted by Gasteiger charge is -2.16. The van der Waals surface area contributed by atoms with Crippen molar-refractivity contribution in [3.8, 4) is 11.1 Å². The molecule has 5 rings (SSSR count). The van der Waals surface area contributed by atoms with Crippen molar-refractivity contribution in [2.45, 2.75) is 29.5 Å². The van der Waals surface area contributed by atoms with Crippen molar-refractivity contribution in [3.63, 3.8) is 0 Å². The number of fused-ring (bicyclic) bond motifs is 3. The maximum atomic E-state index is 13.0. The van der Waals surface area contributed by atoms with Crippen LogP contribution >= 0.6 is 11.3 Å². The van der Waals surface area contributed by atoms with Crippen LogP contribution in [0.5, 0.6) is 0 Å². The number of nitrogens with zero attached hydrogens (tertiary/aromatic N) is 2. The number of benzene rings is 1. The Kier molecular flexibility index (Phi) is 3.60. The van der Waals surface area contributed by atoms with Gasteiger partial charge in [0, 0.05) is 36.0 Å². The number of aromatic nitrogens is 1. The SMILES string of the molecule is Cc1ncsc1CN1C[C@@H]2[C@@H](C1)c1cc(-c3ccoc3)ccc1S2(=O)=O. The third-order valence-electron chi connectivity index (χ3n) is 5.52. The van der Waals surface area contributed by atoms with Gasteiger partial charge in [-0.2, -0.15) is 0 Å². The molecule has 0 radical (unpaired) electrons. The summed E-state index contributed by atoms with van der Waals surface area (Å²) in [4.78, 5) is 8.28. The molecular weight excluding hydrogens is 368 g/mol. The third kappa shape index (κ3) is 2.38. The van der Waals surface area contributed by atoms with Gasteiger partial charge in [0.05, 0.1) is 33.9 Å². The van der Waals surface area contributed by atoms with Gasteiger partial charge >= 0.3 is 0 Å². The number of thiazole rings is 1. The number of hydrogen-bond donors (Lipinski definition) is 0. The maximum absolute atomic E-state index is 13.0. The molecule has 1 aromatic carbocycles. The van der Waals surface area contributed by atoms with Crippen LogP contribution in [0.25, 0.3) is 11.1 Å². The average molecular weight is 386 g/mol. The second-order valence-electron chi connectivity index (χ2n) is 7.01. The number of rotatable bonds is 3. The minimum Gasteiger partial charge on any atom is -0.472 e. The first-order valence-corrected chi connectivity index (χ1v) is 11.0. The maximum Gasteiger partial charge on any atom is 0.183 e. The molecule has 7 heteroatoms. The fourth-order valence-corrected chi connectivity index (χ4v) is 7.16. The zero-order chi connectivity index (χ0) is 17.9. The van der Waals surface area contributed by atoms with E-state index >= 15 is 0 Å². The van der Waals surface area contributed by atoms with Gasteiger partial charge in [-0.25, -0.2) is 13.4 Å². The van der Waals surface area contributed by atoms with Gasteiger partial charge < -0.3 is 4.42 Å². The van der Waals surface area contributed by atoms with Crippen molar-refractivity contribution in [1.82, 2.24) is 9.88 Å². The molecule has 0 amide bonds. The van der Waals surface area contributed by atoms with Gasteiger partial charge in [0.25, 0.3) is 0 Å². The normalized spacial score (nSPS) is 23.9. The summed E-state index contributed by atoms with van der Waals surface area (Å²) in [5.41, 5.74) is 5.83. The van der Waals surface area contributed by atoms with Crippen molar-refractivity contribution < 1.29 is 12.8 Å². The summed E-state index contributed by atoms with van der Waals surface area (Å²) in [6, 6.07) is 7.57. The molecule has 2 aliphatic rings. The zero-order valence-corrected chi connectivity index (χ0v) is 15.9. The van der Waals surface area contributed by atoms with Crippen LogP contribution in [0.15, 0.2) is 51.6 Å². The van der Waals surface area contributed by atoms with Crippen LogP contribution < -0.4 is 0 Å². The van der Waals surface area contributed by atoms with E-state index in [0.717, 1.165) is 35.5 Å². The Morgan fingerprint density at radius 1 is 1.27 bits per heavy atom. The number of sulfone groups is 1. The predicted octanol–water partition coefficient (Wildman–Crippen LogP) is 3.47. The van der Waals surface area contributed by atoms with E-state index in [1.165, 1.54) is 4.88 Å². The molecule has 1 fully saturated rings. The van der Waals surface area contributed by atoms with Crippen LogP contribution in [0.2, 0.25) is 0 Å². The molecule has 0 unspecified atom stereocenters. The smallest absolute Gasteiger partial charge is 0.183 e. The second kappa shape index (κ2) is 5.77. The summed E-state index contributed by atoms with van der Waals surface area (Å²) in [5, 5.41) is -0.342. The Hall–Kier alpha value is -1.96. The monoisotopic (exact) mass is 386 g/mol. The summed E-state index contributed by atoms with van der Waals surface area (Å²) in [6.45, 7) is 4.13. The van der Waals surface area contributed by atoms with Crippen LogP contribution in [0, 0.1) is 6.92 Å². The largest absolute Gasteiger partial charge is 0.472 e. The quantitative estimate of drug-likeness (QED) is 0.690. The van der Waals surface area contributed by atoms with E-state index < -0.39 is 9.84 Å². The van der Waals surface area contributed by atoms with E-state index in [9.17, 15) is 8.42 Å². The minimum atomic E-state index is -3.27. The van der Waals surface area contributed by atoms with Crippen molar-refractivity contribution in [2.24, 2.45) is 0 Å². The minimum absolute atomic E-state index is 0.0371. The summed E-state index contributed by atoms with van der Waals surface area (Å²) < 4.78 is 31.2.